The van der Waals surface area contributed by atoms with Crippen molar-refractivity contribution in [2.24, 2.45) is 7.05 Å². The maximum Gasteiger partial charge on any atom is 0.356 e. The summed E-state index contributed by atoms with van der Waals surface area (Å²) in [5, 5.41) is 6.80. The molecule has 8 nitrogen and oxygen atoms in total. The third kappa shape index (κ3) is 4.53. The molecule has 1 amide bonds. The monoisotopic (exact) mass is 422 g/mol. The number of carbonyl (C=O) groups is 2. The van der Waals surface area contributed by atoms with Gasteiger partial charge in [-0.15, -0.1) is 0 Å². The zero-order chi connectivity index (χ0) is 22.5. The first-order chi connectivity index (χ1) is 14.9. The average molecular weight is 422 g/mol. The molecule has 0 aliphatic rings. The van der Waals surface area contributed by atoms with Gasteiger partial charge in [-0.2, -0.15) is 0 Å². The number of pyridine rings is 1. The molecule has 8 heteroatoms. The molecule has 0 saturated heterocycles. The molecule has 0 aliphatic heterocycles. The number of fused-ring (bicyclic) bond motifs is 1. The number of carbonyl (C=O) groups excluding carboxylic acids is 2. The summed E-state index contributed by atoms with van der Waals surface area (Å²) in [6.45, 7) is 4.66. The minimum Gasteiger partial charge on any atom is -0.497 e. The smallest absolute Gasteiger partial charge is 0.356 e. The van der Waals surface area contributed by atoms with E-state index in [9.17, 15) is 9.59 Å². The van der Waals surface area contributed by atoms with E-state index < -0.39 is 5.97 Å². The van der Waals surface area contributed by atoms with Crippen LogP contribution in [0.4, 0.5) is 11.4 Å². The van der Waals surface area contributed by atoms with E-state index in [1.54, 1.807) is 49.2 Å². The molecule has 2 heterocycles. The Morgan fingerprint density at radius 1 is 1.19 bits per heavy atom. The number of aromatic nitrogens is 2. The molecule has 162 valence electrons. The molecule has 1 aromatic carbocycles. The zero-order valence-corrected chi connectivity index (χ0v) is 18.3. The van der Waals surface area contributed by atoms with Gasteiger partial charge in [0, 0.05) is 24.5 Å². The highest BCUT2D eigenvalue weighted by Crippen LogP contribution is 2.32. The number of anilines is 2. The summed E-state index contributed by atoms with van der Waals surface area (Å²) in [5.41, 5.74) is 3.50. The second-order valence-electron chi connectivity index (χ2n) is 7.04. The molecular weight excluding hydrogens is 396 g/mol. The summed E-state index contributed by atoms with van der Waals surface area (Å²) in [4.78, 5) is 29.9. The second-order valence-corrected chi connectivity index (χ2v) is 7.04. The van der Waals surface area contributed by atoms with Gasteiger partial charge in [-0.05, 0) is 44.2 Å². The fraction of sp³-hybridized carbons (Fsp3) is 0.261. The summed E-state index contributed by atoms with van der Waals surface area (Å²) in [6, 6.07) is 8.57. The van der Waals surface area contributed by atoms with E-state index in [0.717, 1.165) is 5.69 Å². The number of methoxy groups -OCH3 is 2. The van der Waals surface area contributed by atoms with Gasteiger partial charge in [-0.3, -0.25) is 4.79 Å². The van der Waals surface area contributed by atoms with Gasteiger partial charge >= 0.3 is 5.97 Å². The number of benzene rings is 1. The first-order valence-electron chi connectivity index (χ1n) is 9.77. The summed E-state index contributed by atoms with van der Waals surface area (Å²) in [6.07, 6.45) is 3.72. The Morgan fingerprint density at radius 3 is 2.52 bits per heavy atom. The van der Waals surface area contributed by atoms with E-state index in [2.05, 4.69) is 15.6 Å². The van der Waals surface area contributed by atoms with E-state index in [1.807, 2.05) is 26.0 Å². The third-order valence-corrected chi connectivity index (χ3v) is 5.06. The third-order valence-electron chi connectivity index (χ3n) is 5.06. The number of esters is 1. The lowest BCUT2D eigenvalue weighted by Crippen LogP contribution is -2.16. The molecule has 0 fully saturated rings. The van der Waals surface area contributed by atoms with E-state index in [0.29, 0.717) is 34.6 Å². The summed E-state index contributed by atoms with van der Waals surface area (Å²) < 4.78 is 11.7. The van der Waals surface area contributed by atoms with E-state index >= 15 is 0 Å². The van der Waals surface area contributed by atoms with Gasteiger partial charge in [-0.25, -0.2) is 9.78 Å². The Hall–Kier alpha value is -3.81. The van der Waals surface area contributed by atoms with Crippen LogP contribution in [0, 0.1) is 0 Å². The van der Waals surface area contributed by atoms with Gasteiger partial charge in [0.1, 0.15) is 11.4 Å². The van der Waals surface area contributed by atoms with Crippen LogP contribution in [0.25, 0.3) is 11.0 Å². The van der Waals surface area contributed by atoms with Crippen LogP contribution in [0.2, 0.25) is 0 Å². The second kappa shape index (κ2) is 9.34. The number of allylic oxidation sites excluding steroid dienone is 1. The molecule has 0 spiro atoms. The van der Waals surface area contributed by atoms with Crippen molar-refractivity contribution in [1.82, 2.24) is 9.55 Å². The number of aryl methyl sites for hydroxylation is 1. The summed E-state index contributed by atoms with van der Waals surface area (Å²) in [5.74, 6) is -0.276. The maximum absolute atomic E-state index is 12.9. The first kappa shape index (κ1) is 21.9. The molecule has 0 bridgehead atoms. The molecule has 31 heavy (non-hydrogen) atoms. The molecule has 0 unspecified atom stereocenters. The number of hydrogen-bond acceptors (Lipinski definition) is 6. The van der Waals surface area contributed by atoms with Gasteiger partial charge in [0.15, 0.2) is 5.69 Å². The number of rotatable bonds is 7. The lowest BCUT2D eigenvalue weighted by Gasteiger charge is -2.09. The van der Waals surface area contributed by atoms with Crippen molar-refractivity contribution in [2.75, 3.05) is 31.4 Å². The van der Waals surface area contributed by atoms with Gasteiger partial charge in [-0.1, -0.05) is 11.6 Å². The predicted octanol–water partition coefficient (Wildman–Crippen LogP) is 4.00. The lowest BCUT2D eigenvalue weighted by atomic mass is 10.2. The average Bonchev–Trinajstić information content (AvgIpc) is 3.07. The largest absolute Gasteiger partial charge is 0.497 e. The fourth-order valence-corrected chi connectivity index (χ4v) is 3.14. The van der Waals surface area contributed by atoms with Crippen LogP contribution in [0.1, 0.15) is 34.7 Å². The van der Waals surface area contributed by atoms with E-state index in [-0.39, 0.29) is 11.6 Å². The van der Waals surface area contributed by atoms with Gasteiger partial charge < -0.3 is 24.7 Å². The van der Waals surface area contributed by atoms with Gasteiger partial charge in [0.2, 0.25) is 0 Å². The number of nitrogens with one attached hydrogen (secondary N) is 2. The molecule has 0 radical (unpaired) electrons. The highest BCUT2D eigenvalue weighted by molar-refractivity contribution is 6.14. The number of amides is 1. The molecule has 3 rings (SSSR count). The van der Waals surface area contributed by atoms with Crippen LogP contribution < -0.4 is 15.4 Å². The molecule has 0 saturated carbocycles. The predicted molar refractivity (Wildman–Crippen MR) is 121 cm³/mol. The highest BCUT2D eigenvalue weighted by Gasteiger charge is 2.25. The van der Waals surface area contributed by atoms with Gasteiger partial charge in [0.05, 0.1) is 31.8 Å². The maximum atomic E-state index is 12.9. The molecule has 2 aromatic heterocycles. The first-order valence-corrected chi connectivity index (χ1v) is 9.77. The van der Waals surface area contributed by atoms with Crippen LogP contribution in [-0.4, -0.2) is 42.2 Å². The standard InChI is InChI=1S/C23H26N4O4/c1-6-14(2)12-24-16-11-18-19(20(23(29)31-5)27(3)21(18)25-13-16)26-22(28)15-7-9-17(30-4)10-8-15/h6-11,13,24H,12H2,1-5H3,(H,26,28)/b14-6+. The highest BCUT2D eigenvalue weighted by atomic mass is 16.5. The van der Waals surface area contributed by atoms with E-state index in [1.165, 1.54) is 12.7 Å². The lowest BCUT2D eigenvalue weighted by molar-refractivity contribution is 0.0591. The van der Waals surface area contributed by atoms with Crippen molar-refractivity contribution in [3.8, 4) is 5.75 Å². The van der Waals surface area contributed by atoms with Crippen molar-refractivity contribution >= 4 is 34.3 Å². The van der Waals surface area contributed by atoms with Crippen molar-refractivity contribution in [2.45, 2.75) is 13.8 Å². The Morgan fingerprint density at radius 2 is 1.90 bits per heavy atom. The van der Waals surface area contributed by atoms with Gasteiger partial charge in [0.25, 0.3) is 5.91 Å². The van der Waals surface area contributed by atoms with Crippen molar-refractivity contribution in [3.05, 3.63) is 59.4 Å². The minimum atomic E-state index is -0.565. The summed E-state index contributed by atoms with van der Waals surface area (Å²) in [7, 11) is 4.57. The molecule has 2 N–H and O–H groups in total. The van der Waals surface area contributed by atoms with E-state index in [4.69, 9.17) is 9.47 Å². The Kier molecular flexibility index (Phi) is 6.59. The molecule has 3 aromatic rings. The minimum absolute atomic E-state index is 0.216. The Bertz CT molecular complexity index is 1150. The van der Waals surface area contributed by atoms with Crippen molar-refractivity contribution < 1.29 is 19.1 Å². The normalized spacial score (nSPS) is 11.3. The zero-order valence-electron chi connectivity index (χ0n) is 18.3. The number of ether oxygens (including phenoxy) is 2. The number of hydrogen-bond donors (Lipinski definition) is 2. The van der Waals surface area contributed by atoms with Crippen LogP contribution in [0.3, 0.4) is 0 Å². The SMILES string of the molecule is C/C=C(\C)CNc1cnc2c(c1)c(NC(=O)c1ccc(OC)cc1)c(C(=O)OC)n2C. The molecular formula is C23H26N4O4. The van der Waals surface area contributed by atoms with Crippen molar-refractivity contribution in [3.63, 3.8) is 0 Å². The number of nitrogens with zero attached hydrogens (tertiary/aromatic N) is 2. The van der Waals surface area contributed by atoms with Crippen molar-refractivity contribution in [1.29, 1.82) is 0 Å². The van der Waals surface area contributed by atoms with Crippen LogP contribution >= 0.6 is 0 Å². The van der Waals surface area contributed by atoms with Crippen LogP contribution in [0.15, 0.2) is 48.2 Å². The fourth-order valence-electron chi connectivity index (χ4n) is 3.14. The quantitative estimate of drug-likeness (QED) is 0.442. The topological polar surface area (TPSA) is 94.5 Å². The molecule has 0 aliphatic carbocycles. The Balaban J connectivity index is 2.04. The summed E-state index contributed by atoms with van der Waals surface area (Å²) >= 11 is 0. The molecule has 0 atom stereocenters. The van der Waals surface area contributed by atoms with Crippen LogP contribution in [-0.2, 0) is 11.8 Å². The van der Waals surface area contributed by atoms with Crippen LogP contribution in [0.5, 0.6) is 5.75 Å². The Labute approximate surface area is 180 Å².